The maximum Gasteiger partial charge on any atom is 0.336 e. The Balaban J connectivity index is 2.04. The van der Waals surface area contributed by atoms with E-state index >= 15 is 0 Å². The molecule has 0 spiro atoms. The lowest BCUT2D eigenvalue weighted by atomic mass is 9.88. The summed E-state index contributed by atoms with van der Waals surface area (Å²) in [6, 6.07) is 4.05. The van der Waals surface area contributed by atoms with Gasteiger partial charge in [-0.15, -0.1) is 0 Å². The molecule has 0 radical (unpaired) electrons. The SMILES string of the molecule is C[C@H](OCc1cc(C(=O)O)ccc1C(=O)O)C1CCCCCCC1. The van der Waals surface area contributed by atoms with Crippen LogP contribution in [0.4, 0.5) is 0 Å². The van der Waals surface area contributed by atoms with Crippen molar-refractivity contribution in [2.24, 2.45) is 5.92 Å². The van der Waals surface area contributed by atoms with E-state index in [0.29, 0.717) is 11.5 Å². The second-order valence-corrected chi connectivity index (χ2v) is 6.60. The molecule has 0 aromatic heterocycles. The first kappa shape index (κ1) is 18.5. The van der Waals surface area contributed by atoms with Crippen LogP contribution in [0.1, 0.15) is 78.1 Å². The van der Waals surface area contributed by atoms with Crippen molar-refractivity contribution in [1.29, 1.82) is 0 Å². The zero-order valence-corrected chi connectivity index (χ0v) is 14.2. The van der Waals surface area contributed by atoms with Gasteiger partial charge in [0.1, 0.15) is 0 Å². The molecule has 0 aliphatic heterocycles. The van der Waals surface area contributed by atoms with E-state index in [9.17, 15) is 14.7 Å². The molecule has 2 N–H and O–H groups in total. The maximum atomic E-state index is 11.3. The second-order valence-electron chi connectivity index (χ2n) is 6.60. The molecular weight excluding hydrogens is 308 g/mol. The molecular formula is C19H26O5. The number of hydrogen-bond donors (Lipinski definition) is 2. The predicted molar refractivity (Wildman–Crippen MR) is 90.4 cm³/mol. The molecule has 1 aliphatic carbocycles. The smallest absolute Gasteiger partial charge is 0.336 e. The molecule has 0 unspecified atom stereocenters. The minimum Gasteiger partial charge on any atom is -0.478 e. The van der Waals surface area contributed by atoms with Crippen LogP contribution in [0.3, 0.4) is 0 Å². The summed E-state index contributed by atoms with van der Waals surface area (Å²) < 4.78 is 5.93. The Hall–Kier alpha value is -1.88. The Morgan fingerprint density at radius 1 is 1.08 bits per heavy atom. The number of hydrogen-bond acceptors (Lipinski definition) is 3. The van der Waals surface area contributed by atoms with Crippen molar-refractivity contribution in [3.63, 3.8) is 0 Å². The van der Waals surface area contributed by atoms with Crippen LogP contribution < -0.4 is 0 Å². The molecule has 5 heteroatoms. The molecule has 0 bridgehead atoms. The lowest BCUT2D eigenvalue weighted by Gasteiger charge is -2.26. The summed E-state index contributed by atoms with van der Waals surface area (Å²) in [5.41, 5.74) is 0.599. The average Bonchev–Trinajstić information content (AvgIpc) is 2.51. The normalized spacial score (nSPS) is 17.7. The summed E-state index contributed by atoms with van der Waals surface area (Å²) in [5, 5.41) is 18.4. The third-order valence-electron chi connectivity index (χ3n) is 4.90. The number of carbonyl (C=O) groups is 2. The summed E-state index contributed by atoms with van der Waals surface area (Å²) in [4.78, 5) is 22.4. The van der Waals surface area contributed by atoms with E-state index in [0.717, 1.165) is 12.8 Å². The molecule has 1 aliphatic rings. The van der Waals surface area contributed by atoms with Crippen LogP contribution in [0.5, 0.6) is 0 Å². The van der Waals surface area contributed by atoms with Crippen LogP contribution in [-0.2, 0) is 11.3 Å². The molecule has 132 valence electrons. The second kappa shape index (κ2) is 8.83. The highest BCUT2D eigenvalue weighted by Crippen LogP contribution is 2.27. The van der Waals surface area contributed by atoms with Gasteiger partial charge in [-0.05, 0) is 49.4 Å². The zero-order valence-electron chi connectivity index (χ0n) is 14.2. The number of carboxylic acids is 2. The van der Waals surface area contributed by atoms with Crippen LogP contribution in [0.25, 0.3) is 0 Å². The van der Waals surface area contributed by atoms with E-state index in [1.807, 2.05) is 6.92 Å². The summed E-state index contributed by atoms with van der Waals surface area (Å²) in [6.45, 7) is 2.16. The maximum absolute atomic E-state index is 11.3. The van der Waals surface area contributed by atoms with Gasteiger partial charge in [0.15, 0.2) is 0 Å². The summed E-state index contributed by atoms with van der Waals surface area (Å²) in [6.07, 6.45) is 8.61. The Labute approximate surface area is 142 Å². The van der Waals surface area contributed by atoms with E-state index in [1.165, 1.54) is 50.3 Å². The molecule has 1 fully saturated rings. The van der Waals surface area contributed by atoms with E-state index < -0.39 is 11.9 Å². The van der Waals surface area contributed by atoms with Crippen molar-refractivity contribution in [3.05, 3.63) is 34.9 Å². The highest BCUT2D eigenvalue weighted by atomic mass is 16.5. The molecule has 2 rings (SSSR count). The van der Waals surface area contributed by atoms with E-state index in [2.05, 4.69) is 0 Å². The summed E-state index contributed by atoms with van der Waals surface area (Å²) in [7, 11) is 0. The fourth-order valence-corrected chi connectivity index (χ4v) is 3.37. The number of carboxylic acid groups (broad SMARTS) is 2. The van der Waals surface area contributed by atoms with Crippen molar-refractivity contribution < 1.29 is 24.5 Å². The Morgan fingerprint density at radius 3 is 2.29 bits per heavy atom. The largest absolute Gasteiger partial charge is 0.478 e. The minimum absolute atomic E-state index is 0.0400. The van der Waals surface area contributed by atoms with Gasteiger partial charge in [0, 0.05) is 0 Å². The molecule has 1 aromatic carbocycles. The Morgan fingerprint density at radius 2 is 1.71 bits per heavy atom. The van der Waals surface area contributed by atoms with Crippen molar-refractivity contribution in [2.75, 3.05) is 0 Å². The first-order valence-corrected chi connectivity index (χ1v) is 8.70. The van der Waals surface area contributed by atoms with Gasteiger partial charge in [-0.25, -0.2) is 9.59 Å². The van der Waals surface area contributed by atoms with Gasteiger partial charge in [-0.3, -0.25) is 0 Å². The fourth-order valence-electron chi connectivity index (χ4n) is 3.37. The van der Waals surface area contributed by atoms with E-state index in [1.54, 1.807) is 0 Å². The highest BCUT2D eigenvalue weighted by molar-refractivity contribution is 5.93. The van der Waals surface area contributed by atoms with Gasteiger partial charge in [-0.1, -0.05) is 32.1 Å². The van der Waals surface area contributed by atoms with Crippen molar-refractivity contribution in [1.82, 2.24) is 0 Å². The van der Waals surface area contributed by atoms with Gasteiger partial charge in [0.05, 0.1) is 23.8 Å². The van der Waals surface area contributed by atoms with Gasteiger partial charge >= 0.3 is 11.9 Å². The lowest BCUT2D eigenvalue weighted by Crippen LogP contribution is -2.22. The van der Waals surface area contributed by atoms with Gasteiger partial charge in [-0.2, -0.15) is 0 Å². The monoisotopic (exact) mass is 334 g/mol. The molecule has 24 heavy (non-hydrogen) atoms. The van der Waals surface area contributed by atoms with Crippen molar-refractivity contribution in [2.45, 2.75) is 64.6 Å². The van der Waals surface area contributed by atoms with E-state index in [-0.39, 0.29) is 23.8 Å². The van der Waals surface area contributed by atoms with Gasteiger partial charge in [0.2, 0.25) is 0 Å². The first-order chi connectivity index (χ1) is 11.5. The fraction of sp³-hybridized carbons (Fsp3) is 0.579. The average molecular weight is 334 g/mol. The third kappa shape index (κ3) is 5.06. The number of benzene rings is 1. The van der Waals surface area contributed by atoms with Gasteiger partial charge < -0.3 is 14.9 Å². The molecule has 1 saturated carbocycles. The van der Waals surface area contributed by atoms with Crippen LogP contribution >= 0.6 is 0 Å². The van der Waals surface area contributed by atoms with Crippen molar-refractivity contribution >= 4 is 11.9 Å². The van der Waals surface area contributed by atoms with Gasteiger partial charge in [0.25, 0.3) is 0 Å². The van der Waals surface area contributed by atoms with Crippen LogP contribution in [0, 0.1) is 5.92 Å². The zero-order chi connectivity index (χ0) is 17.5. The van der Waals surface area contributed by atoms with Crippen LogP contribution in [0.2, 0.25) is 0 Å². The van der Waals surface area contributed by atoms with Crippen molar-refractivity contribution in [3.8, 4) is 0 Å². The first-order valence-electron chi connectivity index (χ1n) is 8.70. The number of aromatic carboxylic acids is 2. The summed E-state index contributed by atoms with van der Waals surface area (Å²) in [5.74, 6) is -1.65. The predicted octanol–water partition coefficient (Wildman–Crippen LogP) is 4.35. The quantitative estimate of drug-likeness (QED) is 0.808. The third-order valence-corrected chi connectivity index (χ3v) is 4.90. The molecule has 0 heterocycles. The van der Waals surface area contributed by atoms with Crippen LogP contribution in [0.15, 0.2) is 18.2 Å². The van der Waals surface area contributed by atoms with E-state index in [4.69, 9.17) is 9.84 Å². The minimum atomic E-state index is -1.07. The molecule has 1 atom stereocenters. The lowest BCUT2D eigenvalue weighted by molar-refractivity contribution is 0.00481. The molecule has 0 amide bonds. The van der Waals surface area contributed by atoms with Crippen LogP contribution in [-0.4, -0.2) is 28.3 Å². The Kier molecular flexibility index (Phi) is 6.79. The topological polar surface area (TPSA) is 83.8 Å². The summed E-state index contributed by atoms with van der Waals surface area (Å²) >= 11 is 0. The molecule has 1 aromatic rings. The highest BCUT2D eigenvalue weighted by Gasteiger charge is 2.20. The standard InChI is InChI=1S/C19H26O5/c1-13(14-7-5-3-2-4-6-8-14)24-12-16-11-15(18(20)21)9-10-17(16)19(22)23/h9-11,13-14H,2-8,12H2,1H3,(H,20,21)(H,22,23)/t13-/m0/s1. The number of ether oxygens (including phenoxy) is 1. The number of rotatable bonds is 6. The Bertz CT molecular complexity index is 573. The molecule has 0 saturated heterocycles. The molecule has 5 nitrogen and oxygen atoms in total.